The second-order valence-corrected chi connectivity index (χ2v) is 16.4. The Morgan fingerprint density at radius 2 is 1.06 bits per heavy atom. The molecule has 0 amide bonds. The lowest BCUT2D eigenvalue weighted by Crippen LogP contribution is -2.49. The zero-order valence-electron chi connectivity index (χ0n) is 30.9. The summed E-state index contributed by atoms with van der Waals surface area (Å²) in [7, 11) is 2.89. The number of fused-ring (bicyclic) bond motifs is 4. The Bertz CT molecular complexity index is 1930. The molecule has 2 N–H and O–H groups in total. The second kappa shape index (κ2) is 16.3. The molecule has 54 heavy (non-hydrogen) atoms. The number of hydrogen-bond acceptors (Lipinski definition) is 9. The van der Waals surface area contributed by atoms with Crippen molar-refractivity contribution in [2.45, 2.75) is 71.2 Å². The fourth-order valence-electron chi connectivity index (χ4n) is 9.00. The van der Waals surface area contributed by atoms with Gasteiger partial charge in [0.1, 0.15) is 11.5 Å². The molecule has 4 aromatic carbocycles. The maximum absolute atomic E-state index is 11.5. The van der Waals surface area contributed by atoms with Crippen LogP contribution in [0.1, 0.15) is 57.1 Å². The number of likely N-dealkylation sites (tertiary alicyclic amines) is 2. The van der Waals surface area contributed by atoms with Gasteiger partial charge in [-0.3, -0.25) is 19.4 Å². The van der Waals surface area contributed by atoms with E-state index in [-0.39, 0.29) is 43.1 Å². The highest BCUT2D eigenvalue weighted by Gasteiger charge is 2.47. The van der Waals surface area contributed by atoms with Crippen molar-refractivity contribution in [1.82, 2.24) is 9.80 Å². The molecule has 2 unspecified atom stereocenters. The Kier molecular flexibility index (Phi) is 11.5. The topological polar surface area (TPSA) is 109 Å². The summed E-state index contributed by atoms with van der Waals surface area (Å²) in [6.07, 6.45) is 8.02. The number of carbonyl (C=O) groups is 2. The van der Waals surface area contributed by atoms with Gasteiger partial charge in [0.2, 0.25) is 0 Å². The van der Waals surface area contributed by atoms with Crippen LogP contribution in [0.15, 0.2) is 72.8 Å². The molecular formula is C45H56N2O7. The number of aromatic hydroxyl groups is 1. The predicted octanol–water partition coefficient (Wildman–Crippen LogP) is 7.19. The monoisotopic (exact) mass is 736 g/mol. The molecule has 0 spiro atoms. The highest BCUT2D eigenvalue weighted by Crippen LogP contribution is 2.53. The summed E-state index contributed by atoms with van der Waals surface area (Å²) < 4.78 is 15.7. The van der Waals surface area contributed by atoms with Crippen molar-refractivity contribution in [2.75, 3.05) is 40.4 Å². The van der Waals surface area contributed by atoms with E-state index < -0.39 is 0 Å². The van der Waals surface area contributed by atoms with E-state index in [1.165, 1.54) is 61.8 Å². The number of ether oxygens (including phenoxy) is 3. The van der Waals surface area contributed by atoms with Crippen LogP contribution in [-0.2, 0) is 32.2 Å². The van der Waals surface area contributed by atoms with Crippen LogP contribution in [-0.4, -0.2) is 84.6 Å². The number of esters is 2. The number of rotatable bonds is 8. The number of carbonyl (C=O) groups excluding carboxylic acids is 2. The average Bonchev–Trinajstić information content (AvgIpc) is 3.97. The Morgan fingerprint density at radius 3 is 1.54 bits per heavy atom. The van der Waals surface area contributed by atoms with E-state index in [9.17, 15) is 14.7 Å². The fraction of sp³-hybridized carbons (Fsp3) is 0.511. The van der Waals surface area contributed by atoms with Crippen LogP contribution < -0.4 is 4.74 Å². The number of methoxy groups -OCH3 is 2. The summed E-state index contributed by atoms with van der Waals surface area (Å²) in [6, 6.07) is 24.6. The van der Waals surface area contributed by atoms with Gasteiger partial charge in [0.05, 0.1) is 38.3 Å². The molecule has 10 rings (SSSR count). The quantitative estimate of drug-likeness (QED) is 0.182. The molecule has 6 aliphatic rings. The van der Waals surface area contributed by atoms with Crippen molar-refractivity contribution in [3.05, 3.63) is 83.9 Å². The summed E-state index contributed by atoms with van der Waals surface area (Å²) >= 11 is 0. The molecule has 0 aromatic heterocycles. The van der Waals surface area contributed by atoms with Gasteiger partial charge in [0.25, 0.3) is 0 Å². The molecule has 2 saturated heterocycles. The predicted molar refractivity (Wildman–Crippen MR) is 210 cm³/mol. The van der Waals surface area contributed by atoms with Gasteiger partial charge < -0.3 is 24.4 Å². The molecule has 288 valence electrons. The number of aliphatic hydroxyl groups is 1. The molecule has 4 aliphatic carbocycles. The molecule has 2 heterocycles. The van der Waals surface area contributed by atoms with Gasteiger partial charge in [0.15, 0.2) is 0 Å². The number of aliphatic hydroxyl groups excluding tert-OH is 1. The average molecular weight is 737 g/mol. The van der Waals surface area contributed by atoms with Crippen LogP contribution in [0.3, 0.4) is 0 Å². The summed E-state index contributed by atoms with van der Waals surface area (Å²) in [5.41, 5.74) is 2.50. The standard InChI is InChI=1S/C22H25NO3.C16H17NO3.C6H10O.CH4/c1-25-22(24)19-12-23(13-19)11-14-2-3-16-8-20(5-4-15(16)6-14)26-21-9-17-7-18(17)10-21;1-20-16(19)14-9-17(10-14)8-11-2-3-13-7-15(18)5-4-12(13)6-11;7-6-2-4-1-5(4)3-6;/h2-6,8,17-19,21H,7,9-13H2,1H3;2-7,14,18H,8-10H2,1H3;4-7H,1-3H2;1H4/t17-,18+,21?;;4-,5+,6?;. The Labute approximate surface area is 319 Å². The Hall–Kier alpha value is -4.18. The van der Waals surface area contributed by atoms with Gasteiger partial charge >= 0.3 is 11.9 Å². The summed E-state index contributed by atoms with van der Waals surface area (Å²) in [5, 5.41) is 23.0. The van der Waals surface area contributed by atoms with E-state index in [0.717, 1.165) is 92.3 Å². The minimum atomic E-state index is -0.116. The largest absolute Gasteiger partial charge is 0.508 e. The van der Waals surface area contributed by atoms with E-state index in [1.54, 1.807) is 12.1 Å². The van der Waals surface area contributed by atoms with Crippen LogP contribution in [0.5, 0.6) is 11.5 Å². The molecule has 2 aliphatic heterocycles. The smallest absolute Gasteiger partial charge is 0.311 e. The minimum absolute atomic E-state index is 0. The highest BCUT2D eigenvalue weighted by atomic mass is 16.5. The first-order chi connectivity index (χ1) is 25.7. The van der Waals surface area contributed by atoms with E-state index in [0.29, 0.717) is 6.10 Å². The first kappa shape index (κ1) is 38.1. The normalized spacial score (nSPS) is 26.7. The van der Waals surface area contributed by atoms with Crippen molar-refractivity contribution in [1.29, 1.82) is 0 Å². The third-order valence-corrected chi connectivity index (χ3v) is 12.3. The van der Waals surface area contributed by atoms with Crippen molar-refractivity contribution in [3.63, 3.8) is 0 Å². The van der Waals surface area contributed by atoms with Gasteiger partial charge in [-0.15, -0.1) is 0 Å². The Balaban J connectivity index is 0.000000142. The molecular weight excluding hydrogens is 681 g/mol. The van der Waals surface area contributed by atoms with Crippen LogP contribution in [0.4, 0.5) is 0 Å². The van der Waals surface area contributed by atoms with Crippen molar-refractivity contribution >= 4 is 33.5 Å². The summed E-state index contributed by atoms with van der Waals surface area (Å²) in [4.78, 5) is 27.3. The third-order valence-electron chi connectivity index (χ3n) is 12.3. The molecule has 4 aromatic rings. The zero-order chi connectivity index (χ0) is 36.6. The maximum atomic E-state index is 11.5. The van der Waals surface area contributed by atoms with Gasteiger partial charge in [-0.1, -0.05) is 43.8 Å². The van der Waals surface area contributed by atoms with Gasteiger partial charge in [0, 0.05) is 39.3 Å². The minimum Gasteiger partial charge on any atom is -0.508 e. The summed E-state index contributed by atoms with van der Waals surface area (Å²) in [5.74, 6) is 4.92. The maximum Gasteiger partial charge on any atom is 0.311 e. The number of nitrogens with zero attached hydrogens (tertiary/aromatic N) is 2. The lowest BCUT2D eigenvalue weighted by molar-refractivity contribution is -0.152. The summed E-state index contributed by atoms with van der Waals surface area (Å²) in [6.45, 7) is 4.83. The second-order valence-electron chi connectivity index (χ2n) is 16.4. The van der Waals surface area contributed by atoms with Gasteiger partial charge in [-0.25, -0.2) is 0 Å². The van der Waals surface area contributed by atoms with Gasteiger partial charge in [-0.2, -0.15) is 0 Å². The van der Waals surface area contributed by atoms with Crippen LogP contribution in [0.25, 0.3) is 21.5 Å². The van der Waals surface area contributed by atoms with Crippen molar-refractivity contribution in [3.8, 4) is 11.5 Å². The van der Waals surface area contributed by atoms with Crippen LogP contribution in [0.2, 0.25) is 0 Å². The molecule has 0 bridgehead atoms. The Morgan fingerprint density at radius 1 is 0.611 bits per heavy atom. The SMILES string of the molecule is C.COC(=O)C1CN(Cc2ccc3cc(O)ccc3c2)C1.COC(=O)C1CN(Cc2ccc3cc(OC4C[C@@H]5C[C@@H]5C4)ccc3c2)C1.OC1C[C@@H]2C[C@@H]2C1. The molecule has 9 heteroatoms. The van der Waals surface area contributed by atoms with Crippen LogP contribution in [0, 0.1) is 35.5 Å². The lowest BCUT2D eigenvalue weighted by Gasteiger charge is -2.37. The fourth-order valence-corrected chi connectivity index (χ4v) is 9.00. The van der Waals surface area contributed by atoms with Crippen molar-refractivity contribution < 1.29 is 34.0 Å². The van der Waals surface area contributed by atoms with E-state index >= 15 is 0 Å². The van der Waals surface area contributed by atoms with E-state index in [1.807, 2.05) is 12.1 Å². The molecule has 6 fully saturated rings. The number of phenolic OH excluding ortho intramolecular Hbond substituents is 1. The van der Waals surface area contributed by atoms with Gasteiger partial charge in [-0.05, 0) is 131 Å². The molecule has 6 atom stereocenters. The zero-order valence-corrected chi connectivity index (χ0v) is 30.9. The number of phenols is 1. The first-order valence-electron chi connectivity index (χ1n) is 19.4. The lowest BCUT2D eigenvalue weighted by atomic mass is 9.99. The molecule has 4 saturated carbocycles. The van der Waals surface area contributed by atoms with Crippen molar-refractivity contribution in [2.24, 2.45) is 35.5 Å². The molecule has 0 radical (unpaired) electrons. The first-order valence-corrected chi connectivity index (χ1v) is 19.4. The third kappa shape index (κ3) is 9.02. The number of benzene rings is 4. The molecule has 9 nitrogen and oxygen atoms in total. The van der Waals surface area contributed by atoms with Crippen LogP contribution >= 0.6 is 0 Å². The van der Waals surface area contributed by atoms with E-state index in [2.05, 4.69) is 58.3 Å². The highest BCUT2D eigenvalue weighted by molar-refractivity contribution is 5.85. The number of hydrogen-bond donors (Lipinski definition) is 2. The van der Waals surface area contributed by atoms with E-state index in [4.69, 9.17) is 19.3 Å².